The molecule has 0 spiro atoms. The van der Waals surface area contributed by atoms with Crippen LogP contribution in [0.1, 0.15) is 26.7 Å². The molecule has 1 saturated heterocycles. The third-order valence-corrected chi connectivity index (χ3v) is 4.48. The minimum absolute atomic E-state index is 0.302. The van der Waals surface area contributed by atoms with Gasteiger partial charge in [-0.05, 0) is 42.9 Å². The summed E-state index contributed by atoms with van der Waals surface area (Å²) < 4.78 is 0. The Labute approximate surface area is 115 Å². The maximum atomic E-state index is 6.29. The Bertz CT molecular complexity index is 403. The number of hydrogen-bond donors (Lipinski definition) is 1. The molecule has 1 aliphatic rings. The molecule has 18 heavy (non-hydrogen) atoms. The maximum Gasteiger partial charge on any atom is 0.0639 e. The fourth-order valence-electron chi connectivity index (χ4n) is 3.05. The van der Waals surface area contributed by atoms with E-state index in [0.29, 0.717) is 5.41 Å². The van der Waals surface area contributed by atoms with Gasteiger partial charge in [-0.3, -0.25) is 0 Å². The summed E-state index contributed by atoms with van der Waals surface area (Å²) in [7, 11) is 0. The van der Waals surface area contributed by atoms with Crippen molar-refractivity contribution in [2.75, 3.05) is 24.5 Å². The van der Waals surface area contributed by atoms with Gasteiger partial charge in [-0.2, -0.15) is 0 Å². The third-order valence-electron chi connectivity index (χ3n) is 4.16. The number of halogens is 1. The number of piperidine rings is 1. The molecule has 1 aromatic carbocycles. The molecule has 0 bridgehead atoms. The Morgan fingerprint density at radius 3 is 2.72 bits per heavy atom. The molecule has 0 amide bonds. The van der Waals surface area contributed by atoms with Crippen molar-refractivity contribution in [3.63, 3.8) is 0 Å². The van der Waals surface area contributed by atoms with Gasteiger partial charge in [0.15, 0.2) is 0 Å². The van der Waals surface area contributed by atoms with Crippen LogP contribution in [0.25, 0.3) is 0 Å². The van der Waals surface area contributed by atoms with Crippen LogP contribution in [0.4, 0.5) is 5.69 Å². The lowest BCUT2D eigenvalue weighted by atomic mass is 9.72. The molecule has 0 saturated carbocycles. The fraction of sp³-hybridized carbons (Fsp3) is 0.600. The number of nitrogens with two attached hydrogens (primary N) is 1. The molecule has 0 aliphatic carbocycles. The normalized spacial score (nSPS) is 23.1. The molecule has 1 aliphatic heterocycles. The van der Waals surface area contributed by atoms with E-state index in [1.807, 2.05) is 12.1 Å². The molecular weight excluding hydrogens is 244 g/mol. The minimum atomic E-state index is 0.302. The Balaban J connectivity index is 2.14. The molecule has 0 aromatic heterocycles. The highest BCUT2D eigenvalue weighted by molar-refractivity contribution is 6.33. The number of anilines is 1. The molecule has 1 aromatic rings. The lowest BCUT2D eigenvalue weighted by molar-refractivity contribution is 0.167. The first-order chi connectivity index (χ1) is 8.54. The first-order valence-electron chi connectivity index (χ1n) is 6.74. The van der Waals surface area contributed by atoms with Crippen molar-refractivity contribution in [1.82, 2.24) is 0 Å². The van der Waals surface area contributed by atoms with Crippen molar-refractivity contribution in [3.05, 3.63) is 29.3 Å². The quantitative estimate of drug-likeness (QED) is 0.907. The highest BCUT2D eigenvalue weighted by Gasteiger charge is 2.35. The van der Waals surface area contributed by atoms with Crippen molar-refractivity contribution < 1.29 is 0 Å². The van der Waals surface area contributed by atoms with Crippen molar-refractivity contribution in [2.24, 2.45) is 17.1 Å². The minimum Gasteiger partial charge on any atom is -0.370 e. The van der Waals surface area contributed by atoms with Crippen molar-refractivity contribution in [1.29, 1.82) is 0 Å². The van der Waals surface area contributed by atoms with E-state index < -0.39 is 0 Å². The first-order valence-corrected chi connectivity index (χ1v) is 7.12. The highest BCUT2D eigenvalue weighted by atomic mass is 35.5. The monoisotopic (exact) mass is 266 g/mol. The summed E-state index contributed by atoms with van der Waals surface area (Å²) in [5.41, 5.74) is 7.18. The zero-order valence-corrected chi connectivity index (χ0v) is 12.1. The van der Waals surface area contributed by atoms with Crippen LogP contribution in [0, 0.1) is 11.3 Å². The van der Waals surface area contributed by atoms with Crippen LogP contribution in [0.5, 0.6) is 0 Å². The first kappa shape index (κ1) is 13.7. The lowest BCUT2D eigenvalue weighted by Gasteiger charge is -2.45. The number of benzene rings is 1. The van der Waals surface area contributed by atoms with Crippen LogP contribution >= 0.6 is 11.6 Å². The SMILES string of the molecule is CC1(C)CN(c2ccccc2Cl)CCC1CCN. The van der Waals surface area contributed by atoms with Crippen LogP contribution in [0.3, 0.4) is 0 Å². The van der Waals surface area contributed by atoms with Crippen molar-refractivity contribution >= 4 is 17.3 Å². The highest BCUT2D eigenvalue weighted by Crippen LogP contribution is 2.39. The van der Waals surface area contributed by atoms with Crippen molar-refractivity contribution in [2.45, 2.75) is 26.7 Å². The molecule has 1 heterocycles. The summed E-state index contributed by atoms with van der Waals surface area (Å²) >= 11 is 6.29. The smallest absolute Gasteiger partial charge is 0.0639 e. The molecular formula is C15H23ClN2. The second kappa shape index (κ2) is 5.50. The van der Waals surface area contributed by atoms with Gasteiger partial charge in [0, 0.05) is 13.1 Å². The summed E-state index contributed by atoms with van der Waals surface area (Å²) in [6.07, 6.45) is 2.33. The zero-order valence-electron chi connectivity index (χ0n) is 11.3. The third kappa shape index (κ3) is 2.81. The van der Waals surface area contributed by atoms with Gasteiger partial charge in [0.1, 0.15) is 0 Å². The number of para-hydroxylation sites is 1. The van der Waals surface area contributed by atoms with Gasteiger partial charge in [-0.15, -0.1) is 0 Å². The molecule has 2 N–H and O–H groups in total. The van der Waals surface area contributed by atoms with E-state index in [0.717, 1.165) is 37.0 Å². The second-order valence-electron chi connectivity index (χ2n) is 5.92. The number of rotatable bonds is 3. The maximum absolute atomic E-state index is 6.29. The van der Waals surface area contributed by atoms with E-state index in [9.17, 15) is 0 Å². The molecule has 3 heteroatoms. The molecule has 2 nitrogen and oxygen atoms in total. The van der Waals surface area contributed by atoms with Gasteiger partial charge in [-0.25, -0.2) is 0 Å². The Kier molecular flexibility index (Phi) is 4.18. The Hall–Kier alpha value is -0.730. The summed E-state index contributed by atoms with van der Waals surface area (Å²) in [6, 6.07) is 8.12. The predicted molar refractivity (Wildman–Crippen MR) is 79.2 cm³/mol. The van der Waals surface area contributed by atoms with Gasteiger partial charge in [-0.1, -0.05) is 37.6 Å². The summed E-state index contributed by atoms with van der Waals surface area (Å²) in [6.45, 7) is 7.62. The van der Waals surface area contributed by atoms with Gasteiger partial charge < -0.3 is 10.6 Å². The molecule has 100 valence electrons. The van der Waals surface area contributed by atoms with Crippen LogP contribution < -0.4 is 10.6 Å². The summed E-state index contributed by atoms with van der Waals surface area (Å²) in [5.74, 6) is 0.723. The van der Waals surface area contributed by atoms with E-state index >= 15 is 0 Å². The van der Waals surface area contributed by atoms with Crippen LogP contribution in [-0.2, 0) is 0 Å². The van der Waals surface area contributed by atoms with E-state index in [1.165, 1.54) is 12.1 Å². The largest absolute Gasteiger partial charge is 0.370 e. The average Bonchev–Trinajstić information content (AvgIpc) is 2.32. The van der Waals surface area contributed by atoms with Crippen molar-refractivity contribution in [3.8, 4) is 0 Å². The van der Waals surface area contributed by atoms with Gasteiger partial charge >= 0.3 is 0 Å². The van der Waals surface area contributed by atoms with Gasteiger partial charge in [0.05, 0.1) is 10.7 Å². The molecule has 1 unspecified atom stereocenters. The molecule has 1 fully saturated rings. The molecule has 2 rings (SSSR count). The number of nitrogens with zero attached hydrogens (tertiary/aromatic N) is 1. The lowest BCUT2D eigenvalue weighted by Crippen LogP contribution is -2.46. The van der Waals surface area contributed by atoms with E-state index in [-0.39, 0.29) is 0 Å². The van der Waals surface area contributed by atoms with Crippen LogP contribution in [-0.4, -0.2) is 19.6 Å². The standard InChI is InChI=1S/C15H23ClN2/c1-15(2)11-18(10-8-12(15)7-9-17)14-6-4-3-5-13(14)16/h3-6,12H,7-11,17H2,1-2H3. The van der Waals surface area contributed by atoms with E-state index in [4.69, 9.17) is 17.3 Å². The summed E-state index contributed by atoms with van der Waals surface area (Å²) in [4.78, 5) is 2.41. The fourth-order valence-corrected chi connectivity index (χ4v) is 3.31. The molecule has 1 atom stereocenters. The zero-order chi connectivity index (χ0) is 13.2. The van der Waals surface area contributed by atoms with Crippen LogP contribution in [0.15, 0.2) is 24.3 Å². The Morgan fingerprint density at radius 1 is 1.39 bits per heavy atom. The average molecular weight is 267 g/mol. The Morgan fingerprint density at radius 2 is 2.11 bits per heavy atom. The van der Waals surface area contributed by atoms with E-state index in [1.54, 1.807) is 0 Å². The summed E-state index contributed by atoms with van der Waals surface area (Å²) in [5, 5.41) is 0.852. The predicted octanol–water partition coefficient (Wildman–Crippen LogP) is 3.54. The number of hydrogen-bond acceptors (Lipinski definition) is 2. The van der Waals surface area contributed by atoms with Crippen LogP contribution in [0.2, 0.25) is 5.02 Å². The molecule has 0 radical (unpaired) electrons. The van der Waals surface area contributed by atoms with Gasteiger partial charge in [0.25, 0.3) is 0 Å². The topological polar surface area (TPSA) is 29.3 Å². The van der Waals surface area contributed by atoms with Gasteiger partial charge in [0.2, 0.25) is 0 Å². The second-order valence-corrected chi connectivity index (χ2v) is 6.33. The van der Waals surface area contributed by atoms with E-state index in [2.05, 4.69) is 30.9 Å².